The fourth-order valence-corrected chi connectivity index (χ4v) is 5.61. The lowest BCUT2D eigenvalue weighted by atomic mass is 10.1. The molecule has 6 rings (SSSR count). The molecule has 0 bridgehead atoms. The number of amides is 3. The summed E-state index contributed by atoms with van der Waals surface area (Å²) in [7, 11) is 1.13. The summed E-state index contributed by atoms with van der Waals surface area (Å²) in [5.74, 6) is -2.51. The molecule has 2 aromatic heterocycles. The van der Waals surface area contributed by atoms with Crippen LogP contribution in [0, 0.1) is 0 Å². The molecule has 0 saturated heterocycles. The smallest absolute Gasteiger partial charge is 0.422 e. The zero-order valence-electron chi connectivity index (χ0n) is 31.0. The summed E-state index contributed by atoms with van der Waals surface area (Å²) in [6.45, 7) is -1.80. The molecule has 20 heteroatoms. The van der Waals surface area contributed by atoms with Crippen LogP contribution in [-0.4, -0.2) is 76.1 Å². The zero-order valence-corrected chi connectivity index (χ0v) is 31.8. The van der Waals surface area contributed by atoms with Crippen LogP contribution in [0.3, 0.4) is 0 Å². The molecule has 1 aliphatic rings. The third-order valence-corrected chi connectivity index (χ3v) is 8.85. The number of hydrogen-bond donors (Lipinski definition) is 5. The van der Waals surface area contributed by atoms with Crippen molar-refractivity contribution in [3.05, 3.63) is 113 Å². The predicted octanol–water partition coefficient (Wildman–Crippen LogP) is 5.91. The Morgan fingerprint density at radius 3 is 2.10 bits per heavy atom. The van der Waals surface area contributed by atoms with Gasteiger partial charge in [0.1, 0.15) is 17.5 Å². The molecule has 1 saturated carbocycles. The zero-order chi connectivity index (χ0) is 42.0. The Balaban J connectivity index is 1.03. The number of hydrogen-bond acceptors (Lipinski definition) is 13. The normalized spacial score (nSPS) is 13.2. The Labute approximate surface area is 339 Å². The van der Waals surface area contributed by atoms with Gasteiger partial charge in [-0.2, -0.15) is 28.1 Å². The van der Waals surface area contributed by atoms with E-state index in [1.165, 1.54) is 24.3 Å². The summed E-state index contributed by atoms with van der Waals surface area (Å²) in [5, 5.41) is 14.0. The highest BCUT2D eigenvalue weighted by Gasteiger charge is 2.45. The van der Waals surface area contributed by atoms with Gasteiger partial charge >= 0.3 is 30.0 Å². The highest BCUT2D eigenvalue weighted by Crippen LogP contribution is 2.48. The van der Waals surface area contributed by atoms with E-state index in [9.17, 15) is 32.3 Å². The van der Waals surface area contributed by atoms with E-state index in [0.29, 0.717) is 40.7 Å². The van der Waals surface area contributed by atoms with Gasteiger partial charge in [0.05, 0.1) is 12.6 Å². The van der Waals surface area contributed by atoms with Crippen molar-refractivity contribution in [3.8, 4) is 17.5 Å². The summed E-state index contributed by atoms with van der Waals surface area (Å²) in [5.41, 5.74) is 1.13. The predicted molar refractivity (Wildman–Crippen MR) is 207 cm³/mol. The number of nitrogens with one attached hydrogen (secondary N) is 5. The first kappa shape index (κ1) is 41.6. The van der Waals surface area contributed by atoms with Gasteiger partial charge in [0, 0.05) is 40.9 Å². The molecule has 306 valence electrons. The van der Waals surface area contributed by atoms with Crippen molar-refractivity contribution in [3.63, 3.8) is 0 Å². The van der Waals surface area contributed by atoms with Crippen LogP contribution < -0.4 is 36.1 Å². The number of anilines is 4. The standard InChI is InChI=1S/C39H35ClF3N9O7/c1-57-34(56)30(16-21-45-32(54)33(55)46-26-10-12-28(13-11-26)59-29-14-19-44-20-15-29)48-31(53)23-2-8-27(9-3-23)47-35-49-36(51-37(50-35)58-22-39(41,42)43)52-38(17-18-38)24-4-6-25(40)7-5-24/h2-15,19-20,30H,16-18,21-22H2,1H3,(H,45,54)(H,46,55)(H,48,53)(H2,47,49,50,51,52)/t30-/m0/s1. The molecular weight excluding hydrogens is 799 g/mol. The third kappa shape index (κ3) is 12.0. The minimum absolute atomic E-state index is 0.0350. The fourth-order valence-electron chi connectivity index (χ4n) is 5.49. The number of aromatic nitrogens is 4. The first-order chi connectivity index (χ1) is 28.3. The van der Waals surface area contributed by atoms with Gasteiger partial charge in [-0.15, -0.1) is 0 Å². The lowest BCUT2D eigenvalue weighted by Gasteiger charge is -2.19. The molecule has 0 unspecified atom stereocenters. The Bertz CT molecular complexity index is 2270. The number of rotatable bonds is 16. The van der Waals surface area contributed by atoms with E-state index in [1.807, 2.05) is 12.1 Å². The van der Waals surface area contributed by atoms with E-state index >= 15 is 0 Å². The van der Waals surface area contributed by atoms with Gasteiger partial charge in [-0.25, -0.2) is 4.79 Å². The average molecular weight is 834 g/mol. The summed E-state index contributed by atoms with van der Waals surface area (Å²) in [6, 6.07) is 20.8. The molecule has 16 nitrogen and oxygen atoms in total. The molecule has 0 spiro atoms. The highest BCUT2D eigenvalue weighted by molar-refractivity contribution is 6.39. The number of halogens is 4. The molecule has 1 fully saturated rings. The van der Waals surface area contributed by atoms with Gasteiger partial charge in [-0.3, -0.25) is 19.4 Å². The third-order valence-electron chi connectivity index (χ3n) is 8.59. The molecular formula is C39H35ClF3N9O7. The largest absolute Gasteiger partial charge is 0.467 e. The highest BCUT2D eigenvalue weighted by atomic mass is 35.5. The van der Waals surface area contributed by atoms with Crippen LogP contribution in [0.4, 0.5) is 36.4 Å². The van der Waals surface area contributed by atoms with Crippen molar-refractivity contribution in [1.82, 2.24) is 30.6 Å². The number of ether oxygens (including phenoxy) is 3. The summed E-state index contributed by atoms with van der Waals surface area (Å²) >= 11 is 6.03. The lowest BCUT2D eigenvalue weighted by Crippen LogP contribution is -2.44. The van der Waals surface area contributed by atoms with E-state index in [1.54, 1.807) is 60.9 Å². The maximum absolute atomic E-state index is 13.1. The number of pyridine rings is 1. The quantitative estimate of drug-likeness (QED) is 0.0579. The summed E-state index contributed by atoms with van der Waals surface area (Å²) < 4.78 is 54.3. The molecule has 0 aliphatic heterocycles. The Kier molecular flexibility index (Phi) is 13.0. The van der Waals surface area contributed by atoms with Crippen LogP contribution in [-0.2, 0) is 24.7 Å². The van der Waals surface area contributed by atoms with Crippen LogP contribution in [0.5, 0.6) is 17.5 Å². The van der Waals surface area contributed by atoms with Gasteiger partial charge in [0.15, 0.2) is 6.61 Å². The van der Waals surface area contributed by atoms with Crippen molar-refractivity contribution in [2.45, 2.75) is 37.0 Å². The monoisotopic (exact) mass is 833 g/mol. The number of methoxy groups -OCH3 is 1. The molecule has 3 amide bonds. The van der Waals surface area contributed by atoms with Crippen molar-refractivity contribution in [2.24, 2.45) is 0 Å². The van der Waals surface area contributed by atoms with Crippen LogP contribution >= 0.6 is 11.6 Å². The van der Waals surface area contributed by atoms with E-state index in [-0.39, 0.29) is 30.4 Å². The van der Waals surface area contributed by atoms with Crippen molar-refractivity contribution < 1.29 is 46.6 Å². The van der Waals surface area contributed by atoms with Gasteiger partial charge in [-0.05, 0) is 97.6 Å². The van der Waals surface area contributed by atoms with Crippen LogP contribution in [0.25, 0.3) is 0 Å². The van der Waals surface area contributed by atoms with Crippen LogP contribution in [0.1, 0.15) is 35.2 Å². The van der Waals surface area contributed by atoms with Gasteiger partial charge in [0.25, 0.3) is 5.91 Å². The number of nitrogens with zero attached hydrogens (tertiary/aromatic N) is 4. The molecule has 2 heterocycles. The van der Waals surface area contributed by atoms with E-state index in [0.717, 1.165) is 12.7 Å². The maximum Gasteiger partial charge on any atom is 0.422 e. The second kappa shape index (κ2) is 18.5. The van der Waals surface area contributed by atoms with E-state index in [4.69, 9.17) is 25.8 Å². The van der Waals surface area contributed by atoms with Gasteiger partial charge < -0.3 is 40.8 Å². The van der Waals surface area contributed by atoms with Gasteiger partial charge in [-0.1, -0.05) is 23.7 Å². The van der Waals surface area contributed by atoms with Crippen molar-refractivity contribution in [2.75, 3.05) is 36.2 Å². The Morgan fingerprint density at radius 1 is 0.814 bits per heavy atom. The molecule has 5 N–H and O–H groups in total. The molecule has 3 aromatic carbocycles. The van der Waals surface area contributed by atoms with Crippen molar-refractivity contribution >= 4 is 58.6 Å². The van der Waals surface area contributed by atoms with E-state index < -0.39 is 54.1 Å². The van der Waals surface area contributed by atoms with Crippen LogP contribution in [0.15, 0.2) is 97.3 Å². The lowest BCUT2D eigenvalue weighted by molar-refractivity contribution is -0.154. The number of carbonyl (C=O) groups is 4. The Hall–Kier alpha value is -7.02. The van der Waals surface area contributed by atoms with Gasteiger partial charge in [0.2, 0.25) is 11.9 Å². The van der Waals surface area contributed by atoms with Crippen LogP contribution in [0.2, 0.25) is 5.02 Å². The number of carbonyl (C=O) groups excluding carboxylic acids is 4. The second-order valence-electron chi connectivity index (χ2n) is 12.9. The molecule has 0 radical (unpaired) electrons. The number of alkyl halides is 3. The van der Waals surface area contributed by atoms with Crippen molar-refractivity contribution in [1.29, 1.82) is 0 Å². The van der Waals surface area contributed by atoms with E-state index in [2.05, 4.69) is 46.5 Å². The number of esters is 1. The second-order valence-corrected chi connectivity index (χ2v) is 13.4. The SMILES string of the molecule is COC(=O)[C@H](CCNC(=O)C(=O)Nc1ccc(Oc2ccncc2)cc1)NC(=O)c1ccc(Nc2nc(NC3(c4ccc(Cl)cc4)CC3)nc(OCC(F)(F)F)n2)cc1. The first-order valence-corrected chi connectivity index (χ1v) is 18.2. The average Bonchev–Trinajstić information content (AvgIpc) is 4.00. The molecule has 5 aromatic rings. The topological polar surface area (TPSA) is 208 Å². The number of benzene rings is 3. The maximum atomic E-state index is 13.1. The minimum Gasteiger partial charge on any atom is -0.467 e. The Morgan fingerprint density at radius 2 is 1.46 bits per heavy atom. The molecule has 1 atom stereocenters. The first-order valence-electron chi connectivity index (χ1n) is 17.8. The summed E-state index contributed by atoms with van der Waals surface area (Å²) in [4.78, 5) is 66.9. The molecule has 59 heavy (non-hydrogen) atoms. The summed E-state index contributed by atoms with van der Waals surface area (Å²) in [6.07, 6.45) is -0.197. The minimum atomic E-state index is -4.64. The fraction of sp³-hybridized carbons (Fsp3) is 0.231. The molecule has 1 aliphatic carbocycles.